The zero-order valence-corrected chi connectivity index (χ0v) is 24.9. The Balaban J connectivity index is 1.04. The summed E-state index contributed by atoms with van der Waals surface area (Å²) in [4.78, 5) is 33.3. The molecule has 224 valence electrons. The second-order valence-electron chi connectivity index (χ2n) is 13.1. The van der Waals surface area contributed by atoms with Gasteiger partial charge in [0.1, 0.15) is 11.7 Å². The van der Waals surface area contributed by atoms with Gasteiger partial charge in [0.2, 0.25) is 5.91 Å². The minimum Gasteiger partial charge on any atom is -0.465 e. The number of carbonyl (C=O) groups is 2. The summed E-state index contributed by atoms with van der Waals surface area (Å²) in [6, 6.07) is 3.61. The molecule has 0 aromatic carbocycles. The van der Waals surface area contributed by atoms with E-state index in [-0.39, 0.29) is 30.0 Å². The van der Waals surface area contributed by atoms with E-state index in [0.29, 0.717) is 6.61 Å². The maximum Gasteiger partial charge on any atom is 0.408 e. The number of carbonyl (C=O) groups excluding carboxylic acids is 1. The predicted octanol–water partition coefficient (Wildman–Crippen LogP) is 3.54. The minimum absolute atomic E-state index is 0.121. The SMILES string of the molecule is Cc1cc(N2CCc3c(c(C)nn3CC34CCC(NC(=O)[C@@H]5COCCN5C(=O)O)(CC3)CC4)C2)c2ccn(C)c2n1. The third-order valence-corrected chi connectivity index (χ3v) is 10.6. The Kier molecular flexibility index (Phi) is 6.49. The third-order valence-electron chi connectivity index (χ3n) is 10.6. The van der Waals surface area contributed by atoms with E-state index in [0.717, 1.165) is 81.6 Å². The van der Waals surface area contributed by atoms with E-state index in [1.54, 1.807) is 0 Å². The van der Waals surface area contributed by atoms with E-state index in [9.17, 15) is 14.7 Å². The number of hydrogen-bond donors (Lipinski definition) is 2. The topological polar surface area (TPSA) is 118 Å². The summed E-state index contributed by atoms with van der Waals surface area (Å²) in [5.74, 6) is -0.218. The average molecular weight is 576 g/mol. The van der Waals surface area contributed by atoms with Gasteiger partial charge in [-0.25, -0.2) is 9.78 Å². The lowest BCUT2D eigenvalue weighted by molar-refractivity contribution is -0.135. The molecule has 11 heteroatoms. The van der Waals surface area contributed by atoms with Crippen LogP contribution in [-0.4, -0.2) is 79.2 Å². The van der Waals surface area contributed by atoms with Gasteiger partial charge >= 0.3 is 6.09 Å². The van der Waals surface area contributed by atoms with Crippen LogP contribution >= 0.6 is 0 Å². The molecule has 3 saturated carbocycles. The lowest BCUT2D eigenvalue weighted by Crippen LogP contribution is -2.63. The number of aryl methyl sites for hydroxylation is 3. The van der Waals surface area contributed by atoms with E-state index in [2.05, 4.69) is 51.6 Å². The fourth-order valence-electron chi connectivity index (χ4n) is 8.00. The van der Waals surface area contributed by atoms with Crippen LogP contribution < -0.4 is 10.2 Å². The molecule has 0 radical (unpaired) electrons. The molecule has 3 aromatic heterocycles. The Morgan fingerprint density at radius 2 is 1.90 bits per heavy atom. The van der Waals surface area contributed by atoms with Crippen LogP contribution in [0.2, 0.25) is 0 Å². The Labute approximate surface area is 245 Å². The maximum atomic E-state index is 13.2. The van der Waals surface area contributed by atoms with Gasteiger partial charge in [-0.1, -0.05) is 0 Å². The molecule has 1 saturated heterocycles. The van der Waals surface area contributed by atoms with Gasteiger partial charge in [-0.3, -0.25) is 14.4 Å². The number of aromatic nitrogens is 4. The van der Waals surface area contributed by atoms with Crippen LogP contribution in [-0.2, 0) is 36.1 Å². The number of rotatable bonds is 5. The van der Waals surface area contributed by atoms with Gasteiger partial charge in [-0.2, -0.15) is 5.10 Å². The van der Waals surface area contributed by atoms with Crippen molar-refractivity contribution in [1.29, 1.82) is 0 Å². The zero-order chi connectivity index (χ0) is 29.2. The van der Waals surface area contributed by atoms with Crippen LogP contribution in [0.25, 0.3) is 11.0 Å². The van der Waals surface area contributed by atoms with Gasteiger partial charge in [-0.05, 0) is 69.9 Å². The lowest BCUT2D eigenvalue weighted by Gasteiger charge is -2.54. The van der Waals surface area contributed by atoms with Gasteiger partial charge in [0, 0.05) is 79.4 Å². The molecule has 3 aliphatic carbocycles. The van der Waals surface area contributed by atoms with Crippen molar-refractivity contribution in [2.24, 2.45) is 12.5 Å². The van der Waals surface area contributed by atoms with Crippen LogP contribution in [0.5, 0.6) is 0 Å². The molecule has 3 aromatic rings. The van der Waals surface area contributed by atoms with E-state index in [1.165, 1.54) is 27.2 Å². The Hall–Kier alpha value is -3.60. The molecular weight excluding hydrogens is 534 g/mol. The minimum atomic E-state index is -1.06. The molecule has 2 aliphatic heterocycles. The van der Waals surface area contributed by atoms with E-state index >= 15 is 0 Å². The second-order valence-corrected chi connectivity index (χ2v) is 13.1. The molecule has 5 aliphatic rings. The number of nitrogens with one attached hydrogen (secondary N) is 1. The van der Waals surface area contributed by atoms with Gasteiger partial charge in [0.25, 0.3) is 0 Å². The summed E-state index contributed by atoms with van der Waals surface area (Å²) in [6.45, 7) is 7.62. The average Bonchev–Trinajstić information content (AvgIpc) is 3.51. The van der Waals surface area contributed by atoms with Crippen molar-refractivity contribution in [2.75, 3.05) is 31.2 Å². The maximum absolute atomic E-state index is 13.2. The highest BCUT2D eigenvalue weighted by Crippen LogP contribution is 2.53. The van der Waals surface area contributed by atoms with Gasteiger partial charge in [0.15, 0.2) is 0 Å². The molecule has 4 fully saturated rings. The highest BCUT2D eigenvalue weighted by Gasteiger charge is 2.50. The molecule has 2 amide bonds. The molecular formula is C31H41N7O4. The van der Waals surface area contributed by atoms with Crippen molar-refractivity contribution in [3.05, 3.63) is 41.0 Å². The summed E-state index contributed by atoms with van der Waals surface area (Å²) in [6.07, 6.45) is 7.87. The quantitative estimate of drug-likeness (QED) is 0.478. The number of pyridine rings is 1. The molecule has 0 spiro atoms. The number of morpholine rings is 1. The predicted molar refractivity (Wildman–Crippen MR) is 158 cm³/mol. The summed E-state index contributed by atoms with van der Waals surface area (Å²) >= 11 is 0. The number of nitrogens with zero attached hydrogens (tertiary/aromatic N) is 6. The molecule has 2 N–H and O–H groups in total. The number of hydrogen-bond acceptors (Lipinski definition) is 6. The van der Waals surface area contributed by atoms with Crippen molar-refractivity contribution in [1.82, 2.24) is 29.5 Å². The fourth-order valence-corrected chi connectivity index (χ4v) is 8.00. The van der Waals surface area contributed by atoms with Crippen LogP contribution in [0.4, 0.5) is 10.5 Å². The van der Waals surface area contributed by atoms with Crippen molar-refractivity contribution < 1.29 is 19.4 Å². The molecule has 42 heavy (non-hydrogen) atoms. The largest absolute Gasteiger partial charge is 0.465 e. The smallest absolute Gasteiger partial charge is 0.408 e. The standard InChI is InChI=1S/C31H41N7O4/c1-20-16-25(22-4-12-35(3)27(22)32-20)36-13-5-24-23(17-36)21(2)34-38(24)19-30-6-9-31(10-7-30,11-8-30)33-28(39)26-18-42-15-14-37(26)29(40)41/h4,12,16,26H,5-11,13-15,17-19H2,1-3H3,(H,33,39)(H,40,41)/t26-,30?,31?/m0/s1. The van der Waals surface area contributed by atoms with Crippen molar-refractivity contribution in [2.45, 2.75) is 83.5 Å². The van der Waals surface area contributed by atoms with Gasteiger partial charge < -0.3 is 24.6 Å². The third kappa shape index (κ3) is 4.53. The van der Waals surface area contributed by atoms with Gasteiger partial charge in [-0.15, -0.1) is 0 Å². The Bertz CT molecular complexity index is 1530. The Morgan fingerprint density at radius 3 is 2.64 bits per heavy atom. The number of carboxylic acid groups (broad SMARTS) is 1. The second kappa shape index (κ2) is 10.00. The number of fused-ring (bicyclic) bond motifs is 5. The van der Waals surface area contributed by atoms with Gasteiger partial charge in [0.05, 0.1) is 18.9 Å². The highest BCUT2D eigenvalue weighted by atomic mass is 16.5. The molecule has 5 heterocycles. The number of amides is 2. The van der Waals surface area contributed by atoms with E-state index in [4.69, 9.17) is 14.8 Å². The number of ether oxygens (including phenoxy) is 1. The first-order chi connectivity index (χ1) is 20.2. The molecule has 8 rings (SSSR count). The van der Waals surface area contributed by atoms with Crippen LogP contribution in [0, 0.1) is 19.3 Å². The summed E-state index contributed by atoms with van der Waals surface area (Å²) in [5.41, 5.74) is 7.09. The molecule has 2 bridgehead atoms. The summed E-state index contributed by atoms with van der Waals surface area (Å²) < 4.78 is 9.85. The Morgan fingerprint density at radius 1 is 1.14 bits per heavy atom. The van der Waals surface area contributed by atoms with Crippen LogP contribution in [0.3, 0.4) is 0 Å². The first-order valence-corrected chi connectivity index (χ1v) is 15.3. The van der Waals surface area contributed by atoms with E-state index < -0.39 is 12.1 Å². The lowest BCUT2D eigenvalue weighted by atomic mass is 9.57. The molecule has 1 atom stereocenters. The zero-order valence-electron chi connectivity index (χ0n) is 24.9. The van der Waals surface area contributed by atoms with E-state index in [1.807, 2.05) is 7.05 Å². The van der Waals surface area contributed by atoms with Crippen LogP contribution in [0.1, 0.15) is 61.2 Å². The normalized spacial score (nSPS) is 27.4. The fraction of sp³-hybridized carbons (Fsp3) is 0.613. The van der Waals surface area contributed by atoms with Crippen molar-refractivity contribution in [3.8, 4) is 0 Å². The summed E-state index contributed by atoms with van der Waals surface area (Å²) in [5, 5.41) is 19.1. The summed E-state index contributed by atoms with van der Waals surface area (Å²) in [7, 11) is 2.05. The molecule has 0 unspecified atom stereocenters. The van der Waals surface area contributed by atoms with Crippen molar-refractivity contribution >= 4 is 28.7 Å². The molecule has 11 nitrogen and oxygen atoms in total. The first-order valence-electron chi connectivity index (χ1n) is 15.3. The highest BCUT2D eigenvalue weighted by molar-refractivity contribution is 5.91. The van der Waals surface area contributed by atoms with Crippen molar-refractivity contribution in [3.63, 3.8) is 0 Å². The van der Waals surface area contributed by atoms with Crippen LogP contribution in [0.15, 0.2) is 18.3 Å². The monoisotopic (exact) mass is 575 g/mol. The number of anilines is 1. The first kappa shape index (κ1) is 27.2.